The molecule has 0 atom stereocenters. The fourth-order valence-electron chi connectivity index (χ4n) is 1.77. The van der Waals surface area contributed by atoms with Crippen LogP contribution in [0.3, 0.4) is 0 Å². The lowest BCUT2D eigenvalue weighted by molar-refractivity contribution is 0.0595. The Balaban J connectivity index is 2.10. The van der Waals surface area contributed by atoms with E-state index in [1.54, 1.807) is 12.1 Å². The van der Waals surface area contributed by atoms with Crippen LogP contribution in [0, 0.1) is 5.82 Å². The molecule has 0 saturated carbocycles. The second-order valence-electron chi connectivity index (χ2n) is 4.28. The van der Waals surface area contributed by atoms with Gasteiger partial charge in [0.05, 0.1) is 23.4 Å². The van der Waals surface area contributed by atoms with Crippen molar-refractivity contribution in [2.75, 3.05) is 12.4 Å². The largest absolute Gasteiger partial charge is 0.465 e. The van der Waals surface area contributed by atoms with Crippen molar-refractivity contribution >= 4 is 39.2 Å². The van der Waals surface area contributed by atoms with E-state index in [0.717, 1.165) is 10.2 Å². The van der Waals surface area contributed by atoms with E-state index in [0.29, 0.717) is 17.1 Å². The molecule has 0 aliphatic heterocycles. The van der Waals surface area contributed by atoms with Gasteiger partial charge in [0.1, 0.15) is 5.82 Å². The zero-order valence-electron chi connectivity index (χ0n) is 11.1. The van der Waals surface area contributed by atoms with Gasteiger partial charge in [-0.2, -0.15) is 0 Å². The summed E-state index contributed by atoms with van der Waals surface area (Å²) >= 11 is 9.41. The van der Waals surface area contributed by atoms with E-state index in [2.05, 4.69) is 26.0 Å². The zero-order valence-corrected chi connectivity index (χ0v) is 13.5. The van der Waals surface area contributed by atoms with Gasteiger partial charge < -0.3 is 10.1 Å². The number of esters is 1. The Morgan fingerprint density at radius 2 is 2.10 bits per heavy atom. The first-order valence-electron chi connectivity index (χ1n) is 6.07. The van der Waals surface area contributed by atoms with E-state index >= 15 is 0 Å². The maximum atomic E-state index is 13.8. The van der Waals surface area contributed by atoms with Gasteiger partial charge in [-0.3, -0.25) is 0 Å². The minimum absolute atomic E-state index is 0.0806. The molecule has 0 saturated heterocycles. The molecule has 0 amide bonds. The molecule has 0 heterocycles. The summed E-state index contributed by atoms with van der Waals surface area (Å²) in [6.07, 6.45) is 0. The van der Waals surface area contributed by atoms with Gasteiger partial charge in [0.2, 0.25) is 0 Å². The Hall–Kier alpha value is -1.59. The summed E-state index contributed by atoms with van der Waals surface area (Å²) in [6.45, 7) is 0.389. The van der Waals surface area contributed by atoms with Gasteiger partial charge in [0, 0.05) is 11.0 Å². The smallest absolute Gasteiger partial charge is 0.340 e. The molecule has 0 aliphatic carbocycles. The molecule has 0 aliphatic rings. The van der Waals surface area contributed by atoms with E-state index in [4.69, 9.17) is 11.6 Å². The molecule has 21 heavy (non-hydrogen) atoms. The normalized spacial score (nSPS) is 10.3. The van der Waals surface area contributed by atoms with Crippen LogP contribution in [0.25, 0.3) is 0 Å². The molecule has 0 radical (unpaired) electrons. The highest BCUT2D eigenvalue weighted by molar-refractivity contribution is 9.10. The number of ether oxygens (including phenoxy) is 1. The van der Waals surface area contributed by atoms with Gasteiger partial charge in [0.15, 0.2) is 0 Å². The lowest BCUT2D eigenvalue weighted by Crippen LogP contribution is -2.06. The van der Waals surface area contributed by atoms with Crippen molar-refractivity contribution in [1.82, 2.24) is 0 Å². The summed E-state index contributed by atoms with van der Waals surface area (Å²) in [4.78, 5) is 11.3. The summed E-state index contributed by atoms with van der Waals surface area (Å²) in [5.41, 5.74) is 1.36. The monoisotopic (exact) mass is 371 g/mol. The van der Waals surface area contributed by atoms with Gasteiger partial charge in [-0.25, -0.2) is 9.18 Å². The van der Waals surface area contributed by atoms with E-state index in [1.807, 2.05) is 12.1 Å². The number of hydrogen-bond donors (Lipinski definition) is 1. The lowest BCUT2D eigenvalue weighted by Gasteiger charge is -2.10. The molecule has 2 aromatic rings. The Bertz CT molecular complexity index is 679. The van der Waals surface area contributed by atoms with Gasteiger partial charge in [-0.15, -0.1) is 0 Å². The van der Waals surface area contributed by atoms with Crippen LogP contribution in [0.4, 0.5) is 10.1 Å². The van der Waals surface area contributed by atoms with Crippen LogP contribution in [-0.2, 0) is 11.3 Å². The van der Waals surface area contributed by atoms with E-state index in [-0.39, 0.29) is 5.56 Å². The third kappa shape index (κ3) is 3.95. The SMILES string of the molecule is COC(=O)c1ccc(CNc2ccc(Br)cc2Cl)cc1F. The van der Waals surface area contributed by atoms with Crippen LogP contribution >= 0.6 is 27.5 Å². The highest BCUT2D eigenvalue weighted by Gasteiger charge is 2.12. The molecule has 110 valence electrons. The topological polar surface area (TPSA) is 38.3 Å². The van der Waals surface area contributed by atoms with Gasteiger partial charge in [0.25, 0.3) is 0 Å². The number of nitrogens with one attached hydrogen (secondary N) is 1. The van der Waals surface area contributed by atoms with Crippen molar-refractivity contribution in [1.29, 1.82) is 0 Å². The summed E-state index contributed by atoms with van der Waals surface area (Å²) in [7, 11) is 1.22. The third-order valence-electron chi connectivity index (χ3n) is 2.85. The second-order valence-corrected chi connectivity index (χ2v) is 5.61. The Morgan fingerprint density at radius 1 is 1.33 bits per heavy atom. The Labute approximate surface area is 135 Å². The molecule has 0 bridgehead atoms. The quantitative estimate of drug-likeness (QED) is 0.795. The average molecular weight is 373 g/mol. The molecule has 0 fully saturated rings. The fraction of sp³-hybridized carbons (Fsp3) is 0.133. The Morgan fingerprint density at radius 3 is 2.71 bits per heavy atom. The number of anilines is 1. The van der Waals surface area contributed by atoms with Crippen molar-refractivity contribution in [3.05, 3.63) is 62.8 Å². The maximum absolute atomic E-state index is 13.8. The van der Waals surface area contributed by atoms with Crippen LogP contribution in [0.5, 0.6) is 0 Å². The average Bonchev–Trinajstić information content (AvgIpc) is 2.45. The molecular weight excluding hydrogens is 361 g/mol. The zero-order chi connectivity index (χ0) is 15.4. The molecule has 2 rings (SSSR count). The number of benzene rings is 2. The van der Waals surface area contributed by atoms with Crippen molar-refractivity contribution in [3.63, 3.8) is 0 Å². The predicted molar refractivity (Wildman–Crippen MR) is 84.2 cm³/mol. The van der Waals surface area contributed by atoms with Crippen LogP contribution in [0.2, 0.25) is 5.02 Å². The summed E-state index contributed by atoms with van der Waals surface area (Å²) in [5.74, 6) is -1.30. The second kappa shape index (κ2) is 6.91. The highest BCUT2D eigenvalue weighted by atomic mass is 79.9. The molecule has 1 N–H and O–H groups in total. The number of hydrogen-bond acceptors (Lipinski definition) is 3. The minimum Gasteiger partial charge on any atom is -0.465 e. The van der Waals surface area contributed by atoms with Crippen LogP contribution in [0.15, 0.2) is 40.9 Å². The standard InChI is InChI=1S/C15H12BrClFNO2/c1-21-15(20)11-4-2-9(6-13(11)18)8-19-14-5-3-10(16)7-12(14)17/h2-7,19H,8H2,1H3. The molecule has 6 heteroatoms. The first-order chi connectivity index (χ1) is 10.0. The van der Waals surface area contributed by atoms with Crippen molar-refractivity contribution in [2.24, 2.45) is 0 Å². The summed E-state index contributed by atoms with van der Waals surface area (Å²) in [5, 5.41) is 3.68. The third-order valence-corrected chi connectivity index (χ3v) is 3.66. The molecule has 0 unspecified atom stereocenters. The van der Waals surface area contributed by atoms with E-state index in [1.165, 1.54) is 19.2 Å². The summed E-state index contributed by atoms with van der Waals surface area (Å²) in [6, 6.07) is 9.81. The molecule has 3 nitrogen and oxygen atoms in total. The molecule has 0 spiro atoms. The van der Waals surface area contributed by atoms with Crippen LogP contribution in [-0.4, -0.2) is 13.1 Å². The Kier molecular flexibility index (Phi) is 5.20. The van der Waals surface area contributed by atoms with Gasteiger partial charge >= 0.3 is 5.97 Å². The number of rotatable bonds is 4. The molecule has 0 aromatic heterocycles. The molecule has 2 aromatic carbocycles. The van der Waals surface area contributed by atoms with Crippen molar-refractivity contribution in [3.8, 4) is 0 Å². The van der Waals surface area contributed by atoms with Crippen molar-refractivity contribution in [2.45, 2.75) is 6.54 Å². The summed E-state index contributed by atoms with van der Waals surface area (Å²) < 4.78 is 19.2. The van der Waals surface area contributed by atoms with Crippen LogP contribution < -0.4 is 5.32 Å². The number of carbonyl (C=O) groups is 1. The van der Waals surface area contributed by atoms with Gasteiger partial charge in [-0.1, -0.05) is 33.6 Å². The molecular formula is C15H12BrClFNO2. The maximum Gasteiger partial charge on any atom is 0.340 e. The number of methoxy groups -OCH3 is 1. The van der Waals surface area contributed by atoms with E-state index < -0.39 is 11.8 Å². The fourth-order valence-corrected chi connectivity index (χ4v) is 2.51. The van der Waals surface area contributed by atoms with Gasteiger partial charge in [-0.05, 0) is 35.9 Å². The van der Waals surface area contributed by atoms with Crippen molar-refractivity contribution < 1.29 is 13.9 Å². The first kappa shape index (κ1) is 15.8. The lowest BCUT2D eigenvalue weighted by atomic mass is 10.1. The van der Waals surface area contributed by atoms with Crippen LogP contribution in [0.1, 0.15) is 15.9 Å². The minimum atomic E-state index is -0.692. The highest BCUT2D eigenvalue weighted by Crippen LogP contribution is 2.26. The predicted octanol–water partition coefficient (Wildman–Crippen LogP) is 4.64. The number of halogens is 3. The first-order valence-corrected chi connectivity index (χ1v) is 7.24. The van der Waals surface area contributed by atoms with E-state index in [9.17, 15) is 9.18 Å². The number of carbonyl (C=O) groups excluding carboxylic acids is 1.